The van der Waals surface area contributed by atoms with E-state index in [0.717, 1.165) is 6.42 Å². The van der Waals surface area contributed by atoms with Gasteiger partial charge < -0.3 is 11.1 Å². The first-order chi connectivity index (χ1) is 9.67. The van der Waals surface area contributed by atoms with Crippen molar-refractivity contribution in [2.24, 2.45) is 5.92 Å². The van der Waals surface area contributed by atoms with E-state index in [1.54, 1.807) is 10.9 Å². The second-order valence-electron chi connectivity index (χ2n) is 5.65. The summed E-state index contributed by atoms with van der Waals surface area (Å²) in [7, 11) is 0. The lowest BCUT2D eigenvalue weighted by Gasteiger charge is -2.30. The van der Waals surface area contributed by atoms with Gasteiger partial charge in [-0.2, -0.15) is 5.10 Å². The van der Waals surface area contributed by atoms with Crippen molar-refractivity contribution in [1.82, 2.24) is 15.1 Å². The summed E-state index contributed by atoms with van der Waals surface area (Å²) in [6, 6.07) is 0.252. The lowest BCUT2D eigenvalue weighted by molar-refractivity contribution is 0.0901. The number of nitrogen functional groups attached to an aromatic ring is 1. The molecule has 0 radical (unpaired) electrons. The van der Waals surface area contributed by atoms with Gasteiger partial charge in [0.15, 0.2) is 0 Å². The molecule has 1 amide bonds. The number of hydrogen-bond donors (Lipinski definition) is 2. The van der Waals surface area contributed by atoms with Crippen LogP contribution in [0.1, 0.15) is 62.9 Å². The van der Waals surface area contributed by atoms with E-state index in [2.05, 4.69) is 17.3 Å². The number of nitrogens with zero attached hydrogens (tertiary/aromatic N) is 2. The molecular weight excluding hydrogens is 252 g/mol. The third kappa shape index (κ3) is 3.14. The van der Waals surface area contributed by atoms with Gasteiger partial charge in [-0.05, 0) is 32.1 Å². The van der Waals surface area contributed by atoms with E-state index >= 15 is 0 Å². The summed E-state index contributed by atoms with van der Waals surface area (Å²) in [6.45, 7) is 4.75. The van der Waals surface area contributed by atoms with Gasteiger partial charge in [-0.25, -0.2) is 0 Å². The van der Waals surface area contributed by atoms with E-state index in [-0.39, 0.29) is 11.9 Å². The van der Waals surface area contributed by atoms with Crippen LogP contribution in [0.25, 0.3) is 0 Å². The Kier molecular flexibility index (Phi) is 5.04. The van der Waals surface area contributed by atoms with Crippen molar-refractivity contribution in [3.05, 3.63) is 11.9 Å². The Labute approximate surface area is 120 Å². The molecule has 1 aromatic heterocycles. The Morgan fingerprint density at radius 2 is 2.15 bits per heavy atom. The maximum Gasteiger partial charge on any atom is 0.271 e. The fourth-order valence-electron chi connectivity index (χ4n) is 3.21. The van der Waals surface area contributed by atoms with Crippen molar-refractivity contribution in [2.45, 2.75) is 65.0 Å². The van der Waals surface area contributed by atoms with Crippen LogP contribution in [0, 0.1) is 5.92 Å². The molecule has 0 aromatic carbocycles. The summed E-state index contributed by atoms with van der Waals surface area (Å²) >= 11 is 0. The predicted molar refractivity (Wildman–Crippen MR) is 80.4 cm³/mol. The van der Waals surface area contributed by atoms with E-state index in [9.17, 15) is 4.79 Å². The second-order valence-corrected chi connectivity index (χ2v) is 5.65. The highest BCUT2D eigenvalue weighted by atomic mass is 16.2. The van der Waals surface area contributed by atoms with Gasteiger partial charge in [-0.15, -0.1) is 0 Å². The van der Waals surface area contributed by atoms with Crippen molar-refractivity contribution >= 4 is 11.6 Å². The number of aryl methyl sites for hydroxylation is 1. The molecule has 1 fully saturated rings. The third-order valence-corrected chi connectivity index (χ3v) is 4.36. The Hall–Kier alpha value is -1.52. The summed E-state index contributed by atoms with van der Waals surface area (Å²) in [5.41, 5.74) is 6.83. The van der Waals surface area contributed by atoms with E-state index < -0.39 is 0 Å². The van der Waals surface area contributed by atoms with Crippen LogP contribution >= 0.6 is 0 Å². The standard InChI is InChI=1S/C15H26N4O/c1-3-13(11-8-6-5-7-9-11)18-15(20)14-12(16)10-17-19(14)4-2/h10-11,13H,3-9,16H2,1-2H3,(H,18,20). The second kappa shape index (κ2) is 6.77. The number of hydrogen-bond acceptors (Lipinski definition) is 3. The van der Waals surface area contributed by atoms with Crippen LogP contribution in [-0.4, -0.2) is 21.7 Å². The lowest BCUT2D eigenvalue weighted by atomic mass is 9.83. The highest BCUT2D eigenvalue weighted by Crippen LogP contribution is 2.28. The SMILES string of the molecule is CCC(NC(=O)c1c(N)cnn1CC)C1CCCCC1. The molecule has 1 aliphatic rings. The monoisotopic (exact) mass is 278 g/mol. The highest BCUT2D eigenvalue weighted by Gasteiger charge is 2.26. The first-order valence-corrected chi connectivity index (χ1v) is 7.79. The molecule has 1 saturated carbocycles. The van der Waals surface area contributed by atoms with E-state index in [1.807, 2.05) is 6.92 Å². The molecule has 5 nitrogen and oxygen atoms in total. The van der Waals surface area contributed by atoms with Crippen LogP contribution in [0.15, 0.2) is 6.20 Å². The number of rotatable bonds is 5. The summed E-state index contributed by atoms with van der Waals surface area (Å²) < 4.78 is 1.66. The molecule has 0 saturated heterocycles. The van der Waals surface area contributed by atoms with Gasteiger partial charge in [0.1, 0.15) is 5.69 Å². The molecular formula is C15H26N4O. The van der Waals surface area contributed by atoms with Gasteiger partial charge >= 0.3 is 0 Å². The van der Waals surface area contributed by atoms with Crippen molar-refractivity contribution < 1.29 is 4.79 Å². The number of amides is 1. The number of nitrogens with one attached hydrogen (secondary N) is 1. The average molecular weight is 278 g/mol. The van der Waals surface area contributed by atoms with Gasteiger partial charge in [0.05, 0.1) is 11.9 Å². The first-order valence-electron chi connectivity index (χ1n) is 7.79. The average Bonchev–Trinajstić information content (AvgIpc) is 2.86. The number of nitrogens with two attached hydrogens (primary N) is 1. The van der Waals surface area contributed by atoms with Crippen molar-refractivity contribution in [1.29, 1.82) is 0 Å². The predicted octanol–water partition coefficient (Wildman–Crippen LogP) is 2.57. The maximum absolute atomic E-state index is 12.5. The zero-order valence-corrected chi connectivity index (χ0v) is 12.6. The van der Waals surface area contributed by atoms with Crippen LogP contribution in [0.2, 0.25) is 0 Å². The largest absolute Gasteiger partial charge is 0.396 e. The van der Waals surface area contributed by atoms with Crippen LogP contribution < -0.4 is 11.1 Å². The van der Waals surface area contributed by atoms with Crippen molar-refractivity contribution in [2.75, 3.05) is 5.73 Å². The Balaban J connectivity index is 2.06. The third-order valence-electron chi connectivity index (χ3n) is 4.36. The number of carbonyl (C=O) groups excluding carboxylic acids is 1. The maximum atomic E-state index is 12.5. The van der Waals surface area contributed by atoms with E-state index in [0.29, 0.717) is 23.8 Å². The fourth-order valence-corrected chi connectivity index (χ4v) is 3.21. The molecule has 5 heteroatoms. The van der Waals surface area contributed by atoms with Crippen molar-refractivity contribution in [3.63, 3.8) is 0 Å². The van der Waals surface area contributed by atoms with E-state index in [4.69, 9.17) is 5.73 Å². The molecule has 1 unspecified atom stereocenters. The molecule has 20 heavy (non-hydrogen) atoms. The smallest absolute Gasteiger partial charge is 0.271 e. The summed E-state index contributed by atoms with van der Waals surface area (Å²) in [5, 5.41) is 7.31. The molecule has 112 valence electrons. The topological polar surface area (TPSA) is 72.9 Å². The first kappa shape index (κ1) is 14.9. The minimum atomic E-state index is -0.0840. The van der Waals surface area contributed by atoms with Crippen LogP contribution in [0.3, 0.4) is 0 Å². The van der Waals surface area contributed by atoms with Gasteiger partial charge in [0.25, 0.3) is 5.91 Å². The molecule has 1 aromatic rings. The van der Waals surface area contributed by atoms with Crippen LogP contribution in [0.4, 0.5) is 5.69 Å². The molecule has 1 aliphatic carbocycles. The molecule has 3 N–H and O–H groups in total. The zero-order valence-electron chi connectivity index (χ0n) is 12.6. The molecule has 0 spiro atoms. The molecule has 1 atom stereocenters. The van der Waals surface area contributed by atoms with Gasteiger partial charge in [-0.1, -0.05) is 26.2 Å². The highest BCUT2D eigenvalue weighted by molar-refractivity contribution is 5.97. The molecule has 1 heterocycles. The molecule has 0 aliphatic heterocycles. The Morgan fingerprint density at radius 1 is 1.45 bits per heavy atom. The summed E-state index contributed by atoms with van der Waals surface area (Å²) in [5.74, 6) is 0.524. The summed E-state index contributed by atoms with van der Waals surface area (Å²) in [6.07, 6.45) is 8.87. The Bertz CT molecular complexity index is 449. The normalized spacial score (nSPS) is 17.9. The minimum absolute atomic E-state index is 0.0840. The summed E-state index contributed by atoms with van der Waals surface area (Å²) in [4.78, 5) is 12.5. The van der Waals surface area contributed by atoms with E-state index in [1.165, 1.54) is 32.1 Å². The Morgan fingerprint density at radius 3 is 2.75 bits per heavy atom. The number of anilines is 1. The van der Waals surface area contributed by atoms with Gasteiger partial charge in [0.2, 0.25) is 0 Å². The lowest BCUT2D eigenvalue weighted by Crippen LogP contribution is -2.41. The van der Waals surface area contributed by atoms with Crippen LogP contribution in [-0.2, 0) is 6.54 Å². The van der Waals surface area contributed by atoms with Gasteiger partial charge in [-0.3, -0.25) is 9.48 Å². The molecule has 0 bridgehead atoms. The zero-order chi connectivity index (χ0) is 14.5. The van der Waals surface area contributed by atoms with Gasteiger partial charge in [0, 0.05) is 12.6 Å². The fraction of sp³-hybridized carbons (Fsp3) is 0.733. The molecule has 2 rings (SSSR count). The number of carbonyl (C=O) groups is 1. The van der Waals surface area contributed by atoms with Crippen molar-refractivity contribution in [3.8, 4) is 0 Å². The van der Waals surface area contributed by atoms with Crippen LogP contribution in [0.5, 0.6) is 0 Å². The quantitative estimate of drug-likeness (QED) is 0.869. The number of aromatic nitrogens is 2. The minimum Gasteiger partial charge on any atom is -0.396 e.